The van der Waals surface area contributed by atoms with Gasteiger partial charge in [0.2, 0.25) is 0 Å². The monoisotopic (exact) mass is 955 g/mol. The number of rotatable bonds is 9. The molecule has 0 fully saturated rings. The molecular weight excluding hydrogens is 906 g/mol. The summed E-state index contributed by atoms with van der Waals surface area (Å²) in [5.74, 6) is 1.91. The summed E-state index contributed by atoms with van der Waals surface area (Å²) in [6, 6.07) is 29.5. The van der Waals surface area contributed by atoms with Crippen LogP contribution in [0.15, 0.2) is 164 Å². The van der Waals surface area contributed by atoms with Gasteiger partial charge in [-0.25, -0.2) is 0 Å². The number of hydrogen-bond donors (Lipinski definition) is 0. The van der Waals surface area contributed by atoms with Gasteiger partial charge in [-0.15, -0.1) is 0 Å². The fourth-order valence-electron chi connectivity index (χ4n) is 7.75. The van der Waals surface area contributed by atoms with Crippen LogP contribution in [-0.4, -0.2) is 30.8 Å². The average molecular weight is 956 g/mol. The van der Waals surface area contributed by atoms with Gasteiger partial charge in [-0.2, -0.15) is 5.10 Å². The summed E-state index contributed by atoms with van der Waals surface area (Å²) in [5.41, 5.74) is 5.92. The molecule has 59 heavy (non-hydrogen) atoms. The molecule has 0 saturated carbocycles. The zero-order chi connectivity index (χ0) is 48.7. The molecule has 0 saturated heterocycles. The van der Waals surface area contributed by atoms with Crippen molar-refractivity contribution >= 4 is 29.5 Å². The van der Waals surface area contributed by atoms with Crippen molar-refractivity contribution in [3.63, 3.8) is 0 Å². The van der Waals surface area contributed by atoms with Gasteiger partial charge in [0.25, 0.3) is 0 Å². The van der Waals surface area contributed by atoms with Crippen LogP contribution in [0.3, 0.4) is 0 Å². The van der Waals surface area contributed by atoms with E-state index in [2.05, 4.69) is 56.2 Å². The van der Waals surface area contributed by atoms with Crippen LogP contribution in [0.1, 0.15) is 33.1 Å². The summed E-state index contributed by atoms with van der Waals surface area (Å²) in [5, 5.41) is 4.76. The molecule has 0 bridgehead atoms. The molecule has 1 aliphatic rings. The maximum atomic E-state index is 9.06. The number of ether oxygens (including phenoxy) is 1. The van der Waals surface area contributed by atoms with Crippen molar-refractivity contribution in [2.75, 3.05) is 4.81 Å². The van der Waals surface area contributed by atoms with Gasteiger partial charge in [0.15, 0.2) is 0 Å². The number of para-hydroxylation sites is 3. The molecule has 10 rings (SSSR count). The number of fused-ring (bicyclic) bond motifs is 4. The summed E-state index contributed by atoms with van der Waals surface area (Å²) < 4.78 is 100. The van der Waals surface area contributed by atoms with E-state index in [0.29, 0.717) is 37.9 Å². The predicted octanol–water partition coefficient (Wildman–Crippen LogP) is 11.9. The molecule has 9 aromatic rings. The van der Waals surface area contributed by atoms with E-state index in [4.69, 9.17) is 28.5 Å². The molecule has 4 heterocycles. The summed E-state index contributed by atoms with van der Waals surface area (Å²) in [4.78, 5) is 6.97. The number of pyridine rings is 1. The van der Waals surface area contributed by atoms with E-state index in [1.165, 1.54) is 0 Å². The number of benzene rings is 6. The van der Waals surface area contributed by atoms with E-state index in [1.54, 1.807) is 30.5 Å². The van der Waals surface area contributed by atoms with E-state index in [0.717, 1.165) is 34.6 Å². The Kier molecular flexibility index (Phi) is 7.09. The summed E-state index contributed by atoms with van der Waals surface area (Å²) in [6.07, 6.45) is 4.40. The molecule has 0 unspecified atom stereocenters. The van der Waals surface area contributed by atoms with Gasteiger partial charge in [-0.1, -0.05) is 13.8 Å². The van der Waals surface area contributed by atoms with Crippen LogP contribution in [-0.2, 0) is 19.4 Å². The molecular formula is C50H39BN6OPt-2. The van der Waals surface area contributed by atoms with Crippen molar-refractivity contribution in [2.24, 2.45) is 5.92 Å². The first kappa shape index (κ1) is 27.2. The van der Waals surface area contributed by atoms with E-state index < -0.39 is 60.4 Å². The summed E-state index contributed by atoms with van der Waals surface area (Å²) >= 11 is 2.14. The van der Waals surface area contributed by atoms with Gasteiger partial charge in [0.05, 0.1) is 0 Å². The average Bonchev–Trinajstić information content (AvgIpc) is 3.94. The second-order valence-electron chi connectivity index (χ2n) is 14.5. The van der Waals surface area contributed by atoms with Crippen LogP contribution >= 0.6 is 0 Å². The number of anilines is 2. The predicted molar refractivity (Wildman–Crippen MR) is 234 cm³/mol. The zero-order valence-electron chi connectivity index (χ0n) is 42.1. The van der Waals surface area contributed by atoms with Gasteiger partial charge >= 0.3 is 315 Å². The Morgan fingerprint density at radius 3 is 2.10 bits per heavy atom. The molecule has 0 N–H and O–H groups in total. The first-order chi connectivity index (χ1) is 33.1. The third kappa shape index (κ3) is 6.68. The van der Waals surface area contributed by atoms with Crippen LogP contribution in [0.25, 0.3) is 55.9 Å². The number of aromatic nitrogens is 5. The van der Waals surface area contributed by atoms with Crippen LogP contribution in [0.2, 0.25) is 6.32 Å². The fraction of sp³-hybridized carbons (Fsp3) is 0.100. The molecule has 0 radical (unpaired) electrons. The Morgan fingerprint density at radius 1 is 0.729 bits per heavy atom. The minimum atomic E-state index is -0.565. The Balaban J connectivity index is 1.16. The summed E-state index contributed by atoms with van der Waals surface area (Å²) in [7, 11) is 0. The van der Waals surface area contributed by atoms with Crippen LogP contribution in [0, 0.1) is 28.8 Å². The van der Waals surface area contributed by atoms with E-state index in [-0.39, 0.29) is 34.9 Å². The molecule has 0 atom stereocenters. The van der Waals surface area contributed by atoms with Crippen molar-refractivity contribution < 1.29 is 37.8 Å². The first-order valence-corrected chi connectivity index (χ1v) is 20.2. The minimum absolute atomic E-state index is 0.120. The molecule has 7 nitrogen and oxygen atoms in total. The van der Waals surface area contributed by atoms with Crippen LogP contribution in [0.4, 0.5) is 11.5 Å². The number of imidazole rings is 1. The van der Waals surface area contributed by atoms with Gasteiger partial charge in [-0.05, 0) is 24.5 Å². The molecule has 290 valence electrons. The maximum absolute atomic E-state index is 9.06. The third-order valence-electron chi connectivity index (χ3n) is 10.2. The Morgan fingerprint density at radius 2 is 1.41 bits per heavy atom. The van der Waals surface area contributed by atoms with Crippen molar-refractivity contribution in [1.82, 2.24) is 23.8 Å². The number of nitrogens with zero attached hydrogens (tertiary/aromatic N) is 6. The van der Waals surface area contributed by atoms with Crippen LogP contribution in [0.5, 0.6) is 11.5 Å². The summed E-state index contributed by atoms with van der Waals surface area (Å²) in [6.45, 7) is 6.22. The Labute approximate surface area is 369 Å². The molecule has 6 aromatic carbocycles. The van der Waals surface area contributed by atoms with E-state index >= 15 is 0 Å². The van der Waals surface area contributed by atoms with E-state index in [1.807, 2.05) is 87.5 Å². The Bertz CT molecular complexity index is 3500. The van der Waals surface area contributed by atoms with Crippen molar-refractivity contribution in [3.05, 3.63) is 185 Å². The molecule has 3 aromatic heterocycles. The molecule has 0 spiro atoms. The van der Waals surface area contributed by atoms with Crippen LogP contribution < -0.4 is 9.55 Å². The fourth-order valence-corrected chi connectivity index (χ4v) is 8.82. The standard InChI is InChI=1S/C50H39BN6O.Pt/c1-35(2)33-51-56(49-30-36(3)26-28-52-49)48-32-41(24-25-44(48)45-27-29-53-57(45)51)58-40-19-12-18-39(31-40)54-34-55(47-23-11-10-22-46(47)54)50-42(37-14-6-4-7-15-37)20-13-21-43(50)38-16-8-5-9-17-38;/h4-30,35H,33H2,1-3H3;/q-2;/i4D,5D,6D,7D,8D,9D,14D,15D,16D,17D;. The second kappa shape index (κ2) is 15.4. The third-order valence-corrected chi connectivity index (χ3v) is 11.2. The van der Waals surface area contributed by atoms with Crippen molar-refractivity contribution in [1.29, 1.82) is 0 Å². The second-order valence-corrected chi connectivity index (χ2v) is 15.5. The van der Waals surface area contributed by atoms with Gasteiger partial charge in [0, 0.05) is 12.4 Å². The van der Waals surface area contributed by atoms with Gasteiger partial charge < -0.3 is 0 Å². The molecule has 1 aliphatic heterocycles. The number of hydrogen-bond acceptors (Lipinski definition) is 4. The quantitative estimate of drug-likeness (QED) is 0.107. The molecule has 9 heteroatoms. The van der Waals surface area contributed by atoms with Crippen molar-refractivity contribution in [3.8, 4) is 56.4 Å². The van der Waals surface area contributed by atoms with Gasteiger partial charge in [0.1, 0.15) is 0 Å². The SMILES string of the molecule is [2H]c1c([2H])c([2H])c(-c2cccc(-c3c([2H])c([2H])c([2H])c([2H])c3[2H])c2-n2[c](=[Pt])n(-c3[c-]c(Oc4[c-]c5c(cc4)-c4ccnn4B(CC(C)C)N5c4cc(C)ccn4)ccc3)c3ccccc32)c([2H])c1[2H]. The van der Waals surface area contributed by atoms with Crippen molar-refractivity contribution in [2.45, 2.75) is 27.1 Å². The van der Waals surface area contributed by atoms with E-state index in [9.17, 15) is 0 Å². The zero-order valence-corrected chi connectivity index (χ0v) is 34.4. The molecule has 0 aliphatic carbocycles. The first-order valence-electron chi connectivity index (χ1n) is 24.1. The Hall–Kier alpha value is -6.50. The topological polar surface area (TPSA) is 53.0 Å². The number of aryl methyl sites for hydroxylation is 1. The normalized spacial score (nSPS) is 14.6. The van der Waals surface area contributed by atoms with Gasteiger partial charge in [-0.3, -0.25) is 0 Å². The molecule has 0 amide bonds.